The number of hydrogen-bond donors (Lipinski definition) is 1. The number of methoxy groups -OCH3 is 1. The Morgan fingerprint density at radius 2 is 2.08 bits per heavy atom. The molecule has 0 aliphatic carbocycles. The van der Waals surface area contributed by atoms with E-state index < -0.39 is 0 Å². The van der Waals surface area contributed by atoms with Gasteiger partial charge in [0.15, 0.2) is 11.0 Å². The van der Waals surface area contributed by atoms with Gasteiger partial charge in [-0.3, -0.25) is 9.36 Å². The molecule has 128 valence electrons. The molecule has 1 heterocycles. The van der Waals surface area contributed by atoms with Gasteiger partial charge in [-0.25, -0.2) is 0 Å². The van der Waals surface area contributed by atoms with E-state index in [0.29, 0.717) is 17.5 Å². The van der Waals surface area contributed by atoms with Crippen molar-refractivity contribution in [1.29, 1.82) is 0 Å². The molecule has 0 aliphatic heterocycles. The summed E-state index contributed by atoms with van der Waals surface area (Å²) in [6, 6.07) is 7.75. The predicted molar refractivity (Wildman–Crippen MR) is 96.2 cm³/mol. The summed E-state index contributed by atoms with van der Waals surface area (Å²) in [5.74, 6) is 1.81. The maximum Gasteiger partial charge on any atom is 0.230 e. The minimum atomic E-state index is -0.0193. The van der Waals surface area contributed by atoms with Crippen molar-refractivity contribution < 1.29 is 9.53 Å². The van der Waals surface area contributed by atoms with E-state index in [9.17, 15) is 4.79 Å². The van der Waals surface area contributed by atoms with Crippen LogP contribution in [0.5, 0.6) is 5.75 Å². The fourth-order valence-electron chi connectivity index (χ4n) is 2.14. The van der Waals surface area contributed by atoms with Gasteiger partial charge in [0.2, 0.25) is 5.91 Å². The quantitative estimate of drug-likeness (QED) is 0.588. The normalized spacial score (nSPS) is 10.7. The van der Waals surface area contributed by atoms with Gasteiger partial charge in [0.1, 0.15) is 5.75 Å². The molecule has 0 unspecified atom stereocenters. The first-order valence-electron chi connectivity index (χ1n) is 7.65. The molecule has 0 atom stereocenters. The summed E-state index contributed by atoms with van der Waals surface area (Å²) in [4.78, 5) is 11.8. The predicted octanol–water partition coefficient (Wildman–Crippen LogP) is 2.76. The van der Waals surface area contributed by atoms with Crippen molar-refractivity contribution in [3.63, 3.8) is 0 Å². The highest BCUT2D eigenvalue weighted by atomic mass is 32.2. The second-order valence-corrected chi connectivity index (χ2v) is 6.39. The molecule has 0 saturated heterocycles. The van der Waals surface area contributed by atoms with E-state index >= 15 is 0 Å². The van der Waals surface area contributed by atoms with Crippen molar-refractivity contribution in [2.45, 2.75) is 31.6 Å². The van der Waals surface area contributed by atoms with Crippen LogP contribution in [0, 0.1) is 0 Å². The van der Waals surface area contributed by atoms with Gasteiger partial charge in [-0.1, -0.05) is 17.8 Å². The number of ether oxygens (including phenoxy) is 1. The highest BCUT2D eigenvalue weighted by Gasteiger charge is 2.15. The Kier molecular flexibility index (Phi) is 6.43. The van der Waals surface area contributed by atoms with E-state index in [1.807, 2.05) is 42.7 Å². The van der Waals surface area contributed by atoms with Crippen molar-refractivity contribution >= 4 is 17.7 Å². The number of carbonyl (C=O) groups is 1. The fourth-order valence-corrected chi connectivity index (χ4v) is 2.90. The third kappa shape index (κ3) is 4.61. The molecule has 0 bridgehead atoms. The monoisotopic (exact) mass is 346 g/mol. The van der Waals surface area contributed by atoms with Crippen LogP contribution < -0.4 is 10.1 Å². The van der Waals surface area contributed by atoms with E-state index in [-0.39, 0.29) is 11.9 Å². The van der Waals surface area contributed by atoms with Crippen LogP contribution in [0.15, 0.2) is 42.1 Å². The van der Waals surface area contributed by atoms with E-state index in [2.05, 4.69) is 22.1 Å². The molecule has 0 fully saturated rings. The van der Waals surface area contributed by atoms with Crippen LogP contribution in [0.1, 0.15) is 13.8 Å². The zero-order valence-corrected chi connectivity index (χ0v) is 15.0. The molecule has 1 N–H and O–H groups in total. The number of amides is 1. The number of aromatic nitrogens is 3. The van der Waals surface area contributed by atoms with Crippen LogP contribution in [-0.2, 0) is 11.3 Å². The molecule has 6 nitrogen and oxygen atoms in total. The van der Waals surface area contributed by atoms with Crippen LogP contribution in [-0.4, -0.2) is 39.6 Å². The summed E-state index contributed by atoms with van der Waals surface area (Å²) in [6.07, 6.45) is 1.79. The summed E-state index contributed by atoms with van der Waals surface area (Å²) in [6.45, 7) is 8.23. The van der Waals surface area contributed by atoms with Crippen molar-refractivity contribution in [2.24, 2.45) is 0 Å². The minimum absolute atomic E-state index is 0.0193. The number of thioether (sulfide) groups is 1. The topological polar surface area (TPSA) is 69.0 Å². The third-order valence-corrected chi connectivity index (χ3v) is 4.13. The summed E-state index contributed by atoms with van der Waals surface area (Å²) in [7, 11) is 1.63. The first-order valence-corrected chi connectivity index (χ1v) is 8.64. The standard InChI is InChI=1S/C17H22N4O2S/c1-5-10-21-16(13-6-8-14(23-4)9-7-13)19-20-17(21)24-11-15(22)18-12(2)3/h5-9,12H,1,10-11H2,2-4H3,(H,18,22). The van der Waals surface area contributed by atoms with Gasteiger partial charge >= 0.3 is 0 Å². The molecular weight excluding hydrogens is 324 g/mol. The van der Waals surface area contributed by atoms with Crippen LogP contribution in [0.2, 0.25) is 0 Å². The van der Waals surface area contributed by atoms with Gasteiger partial charge < -0.3 is 10.1 Å². The second kappa shape index (κ2) is 8.54. The molecule has 0 radical (unpaired) electrons. The van der Waals surface area contributed by atoms with E-state index in [0.717, 1.165) is 17.1 Å². The van der Waals surface area contributed by atoms with Crippen molar-refractivity contribution in [1.82, 2.24) is 20.1 Å². The molecule has 1 aromatic carbocycles. The molecule has 1 amide bonds. The van der Waals surface area contributed by atoms with Gasteiger partial charge in [0, 0.05) is 18.2 Å². The minimum Gasteiger partial charge on any atom is -0.497 e. The van der Waals surface area contributed by atoms with Crippen molar-refractivity contribution in [3.8, 4) is 17.1 Å². The largest absolute Gasteiger partial charge is 0.497 e. The summed E-state index contributed by atoms with van der Waals surface area (Å²) in [5.41, 5.74) is 0.934. The second-order valence-electron chi connectivity index (χ2n) is 5.44. The Balaban J connectivity index is 2.19. The first kappa shape index (κ1) is 18.1. The maximum atomic E-state index is 11.8. The van der Waals surface area contributed by atoms with E-state index in [1.54, 1.807) is 13.2 Å². The summed E-state index contributed by atoms with van der Waals surface area (Å²) < 4.78 is 7.12. The highest BCUT2D eigenvalue weighted by Crippen LogP contribution is 2.25. The molecule has 24 heavy (non-hydrogen) atoms. The average Bonchev–Trinajstić information content (AvgIpc) is 2.95. The lowest BCUT2D eigenvalue weighted by Crippen LogP contribution is -2.31. The number of benzene rings is 1. The third-order valence-electron chi connectivity index (χ3n) is 3.16. The molecule has 0 spiro atoms. The fraction of sp³-hybridized carbons (Fsp3) is 0.353. The highest BCUT2D eigenvalue weighted by molar-refractivity contribution is 7.99. The smallest absolute Gasteiger partial charge is 0.230 e. The Bertz CT molecular complexity index is 695. The lowest BCUT2D eigenvalue weighted by atomic mass is 10.2. The number of nitrogens with zero attached hydrogens (tertiary/aromatic N) is 3. The van der Waals surface area contributed by atoms with Gasteiger partial charge in [-0.2, -0.15) is 0 Å². The van der Waals surface area contributed by atoms with E-state index in [1.165, 1.54) is 11.8 Å². The Morgan fingerprint density at radius 3 is 2.67 bits per heavy atom. The summed E-state index contributed by atoms with van der Waals surface area (Å²) >= 11 is 1.37. The molecular formula is C17H22N4O2S. The van der Waals surface area contributed by atoms with Gasteiger partial charge in [0.25, 0.3) is 0 Å². The molecule has 0 saturated carbocycles. The average molecular weight is 346 g/mol. The van der Waals surface area contributed by atoms with Gasteiger partial charge in [0.05, 0.1) is 12.9 Å². The van der Waals surface area contributed by atoms with Gasteiger partial charge in [-0.15, -0.1) is 16.8 Å². The Morgan fingerprint density at radius 1 is 1.38 bits per heavy atom. The number of rotatable bonds is 8. The van der Waals surface area contributed by atoms with Crippen molar-refractivity contribution in [2.75, 3.05) is 12.9 Å². The number of hydrogen-bond acceptors (Lipinski definition) is 5. The van der Waals surface area contributed by atoms with Crippen molar-refractivity contribution in [3.05, 3.63) is 36.9 Å². The molecule has 2 aromatic rings. The van der Waals surface area contributed by atoms with Crippen LogP contribution in [0.3, 0.4) is 0 Å². The Hall–Kier alpha value is -2.28. The molecule has 7 heteroatoms. The molecule has 0 aliphatic rings. The molecule has 2 rings (SSSR count). The van der Waals surface area contributed by atoms with Crippen LogP contribution in [0.4, 0.5) is 0 Å². The Labute approximate surface area is 146 Å². The lowest BCUT2D eigenvalue weighted by Gasteiger charge is -2.09. The number of allylic oxidation sites excluding steroid dienone is 1. The number of nitrogens with one attached hydrogen (secondary N) is 1. The zero-order chi connectivity index (χ0) is 17.5. The van der Waals surface area contributed by atoms with E-state index in [4.69, 9.17) is 4.74 Å². The zero-order valence-electron chi connectivity index (χ0n) is 14.2. The van der Waals surface area contributed by atoms with Crippen LogP contribution in [0.25, 0.3) is 11.4 Å². The molecule has 1 aromatic heterocycles. The lowest BCUT2D eigenvalue weighted by molar-refractivity contribution is -0.119. The number of carbonyl (C=O) groups excluding carboxylic acids is 1. The maximum absolute atomic E-state index is 11.8. The van der Waals surface area contributed by atoms with Gasteiger partial charge in [-0.05, 0) is 38.1 Å². The SMILES string of the molecule is C=CCn1c(SCC(=O)NC(C)C)nnc1-c1ccc(OC)cc1. The summed E-state index contributed by atoms with van der Waals surface area (Å²) in [5, 5.41) is 12.1. The van der Waals surface area contributed by atoms with Crippen LogP contribution >= 0.6 is 11.8 Å². The first-order chi connectivity index (χ1) is 11.5.